The predicted molar refractivity (Wildman–Crippen MR) is 210 cm³/mol. The summed E-state index contributed by atoms with van der Waals surface area (Å²) in [5.41, 5.74) is 14.3. The lowest BCUT2D eigenvalue weighted by Crippen LogP contribution is -1.92. The molecular weight excluding hydrogens is 605 g/mol. The van der Waals surface area contributed by atoms with Crippen LogP contribution in [0.4, 0.5) is 0 Å². The van der Waals surface area contributed by atoms with E-state index in [1.165, 1.54) is 38.4 Å². The molecule has 0 amide bonds. The first-order chi connectivity index (χ1) is 24.8. The van der Waals surface area contributed by atoms with E-state index in [1.54, 1.807) is 0 Å². The Balaban J connectivity index is 1.16. The van der Waals surface area contributed by atoms with E-state index in [2.05, 4.69) is 176 Å². The number of nitrogens with zero attached hydrogens (tertiary/aromatic N) is 2. The van der Waals surface area contributed by atoms with Gasteiger partial charge >= 0.3 is 0 Å². The Morgan fingerprint density at radius 2 is 0.740 bits per heavy atom. The van der Waals surface area contributed by atoms with E-state index < -0.39 is 0 Å². The number of rotatable bonds is 6. The average molecular weight is 637 g/mol. The molecule has 2 heterocycles. The van der Waals surface area contributed by atoms with Gasteiger partial charge in [-0.15, -0.1) is 0 Å². The number of hydrogen-bond donors (Lipinski definition) is 0. The summed E-state index contributed by atoms with van der Waals surface area (Å²) in [4.78, 5) is 10.3. The monoisotopic (exact) mass is 636 g/mol. The Hall–Kier alpha value is -6.64. The van der Waals surface area contributed by atoms with Crippen molar-refractivity contribution >= 4 is 21.7 Å². The molecule has 0 bridgehead atoms. The predicted octanol–water partition coefficient (Wildman–Crippen LogP) is 12.8. The molecule has 0 aliphatic heterocycles. The van der Waals surface area contributed by atoms with Crippen molar-refractivity contribution in [2.75, 3.05) is 0 Å². The first kappa shape index (κ1) is 29.5. The zero-order valence-electron chi connectivity index (χ0n) is 27.4. The van der Waals surface area contributed by atoms with Crippen LogP contribution in [0.15, 0.2) is 194 Å². The standard InChI is InChI=1S/C48H32N2/c1-5-14-34(15-6-1)43-32-47(38-20-11-4-12-21-38)49-44-29-28-41-40(22-13-23-42(41)48(43)44)35-26-24-33(25-27-35)39-30-45(36-16-7-2-8-17-36)50-46(31-39)37-18-9-3-10-19-37/h1-32H. The molecule has 9 rings (SSSR count). The van der Waals surface area contributed by atoms with Gasteiger partial charge in [0, 0.05) is 22.1 Å². The second kappa shape index (κ2) is 12.8. The molecule has 0 N–H and O–H groups in total. The van der Waals surface area contributed by atoms with Crippen LogP contribution in [0.1, 0.15) is 0 Å². The van der Waals surface area contributed by atoms with Crippen LogP contribution in [0.2, 0.25) is 0 Å². The van der Waals surface area contributed by atoms with E-state index in [9.17, 15) is 0 Å². The third-order valence-electron chi connectivity index (χ3n) is 9.48. The summed E-state index contributed by atoms with van der Waals surface area (Å²) < 4.78 is 0. The van der Waals surface area contributed by atoms with Crippen molar-refractivity contribution in [1.29, 1.82) is 0 Å². The fourth-order valence-corrected chi connectivity index (χ4v) is 7.00. The van der Waals surface area contributed by atoms with Crippen LogP contribution in [-0.4, -0.2) is 9.97 Å². The summed E-state index contributed by atoms with van der Waals surface area (Å²) in [5, 5.41) is 3.58. The lowest BCUT2D eigenvalue weighted by Gasteiger charge is -2.15. The number of hydrogen-bond acceptors (Lipinski definition) is 2. The molecule has 234 valence electrons. The minimum absolute atomic E-state index is 0.963. The highest BCUT2D eigenvalue weighted by atomic mass is 14.7. The molecule has 2 heteroatoms. The van der Waals surface area contributed by atoms with Crippen LogP contribution in [0.3, 0.4) is 0 Å². The highest BCUT2D eigenvalue weighted by molar-refractivity contribution is 6.17. The molecule has 50 heavy (non-hydrogen) atoms. The molecule has 0 aliphatic rings. The summed E-state index contributed by atoms with van der Waals surface area (Å²) in [6.45, 7) is 0. The van der Waals surface area contributed by atoms with Gasteiger partial charge in [-0.1, -0.05) is 170 Å². The van der Waals surface area contributed by atoms with Gasteiger partial charge in [0.2, 0.25) is 0 Å². The molecule has 0 fully saturated rings. The average Bonchev–Trinajstić information content (AvgIpc) is 3.21. The normalized spacial score (nSPS) is 11.2. The van der Waals surface area contributed by atoms with E-state index in [1.807, 2.05) is 18.2 Å². The highest BCUT2D eigenvalue weighted by Gasteiger charge is 2.15. The zero-order chi connectivity index (χ0) is 33.3. The van der Waals surface area contributed by atoms with E-state index in [0.717, 1.165) is 50.4 Å². The first-order valence-corrected chi connectivity index (χ1v) is 17.0. The van der Waals surface area contributed by atoms with Crippen molar-refractivity contribution in [2.24, 2.45) is 0 Å². The summed E-state index contributed by atoms with van der Waals surface area (Å²) >= 11 is 0. The molecular formula is C48H32N2. The molecule has 0 unspecified atom stereocenters. The van der Waals surface area contributed by atoms with Crippen LogP contribution in [-0.2, 0) is 0 Å². The Kier molecular flexibility index (Phi) is 7.53. The Morgan fingerprint density at radius 1 is 0.260 bits per heavy atom. The van der Waals surface area contributed by atoms with E-state index in [-0.39, 0.29) is 0 Å². The van der Waals surface area contributed by atoms with Crippen LogP contribution in [0, 0.1) is 0 Å². The molecule has 0 radical (unpaired) electrons. The molecule has 0 saturated carbocycles. The molecule has 0 aliphatic carbocycles. The van der Waals surface area contributed by atoms with Gasteiger partial charge in [-0.3, -0.25) is 0 Å². The Morgan fingerprint density at radius 3 is 1.30 bits per heavy atom. The first-order valence-electron chi connectivity index (χ1n) is 17.0. The largest absolute Gasteiger partial charge is 0.248 e. The third-order valence-corrected chi connectivity index (χ3v) is 9.48. The van der Waals surface area contributed by atoms with Crippen LogP contribution in [0.25, 0.3) is 88.8 Å². The summed E-state index contributed by atoms with van der Waals surface area (Å²) in [7, 11) is 0. The highest BCUT2D eigenvalue weighted by Crippen LogP contribution is 2.40. The SMILES string of the molecule is c1ccc(-c2cc(-c3ccc(-c4cccc5c4ccc4nc(-c6ccccc6)cc(-c6ccccc6)c45)cc3)cc(-c3ccccc3)n2)cc1. The fourth-order valence-electron chi connectivity index (χ4n) is 7.00. The zero-order valence-corrected chi connectivity index (χ0v) is 27.4. The summed E-state index contributed by atoms with van der Waals surface area (Å²) in [6.07, 6.45) is 0. The topological polar surface area (TPSA) is 25.8 Å². The van der Waals surface area contributed by atoms with Gasteiger partial charge in [0.25, 0.3) is 0 Å². The van der Waals surface area contributed by atoms with Crippen molar-refractivity contribution in [1.82, 2.24) is 9.97 Å². The van der Waals surface area contributed by atoms with Gasteiger partial charge in [0.15, 0.2) is 0 Å². The van der Waals surface area contributed by atoms with E-state index in [4.69, 9.17) is 9.97 Å². The molecule has 2 aromatic heterocycles. The maximum Gasteiger partial charge on any atom is 0.0722 e. The Bertz CT molecular complexity index is 2540. The van der Waals surface area contributed by atoms with E-state index in [0.29, 0.717) is 0 Å². The second-order valence-corrected chi connectivity index (χ2v) is 12.6. The van der Waals surface area contributed by atoms with Gasteiger partial charge in [-0.25, -0.2) is 9.97 Å². The van der Waals surface area contributed by atoms with Crippen LogP contribution >= 0.6 is 0 Å². The lowest BCUT2D eigenvalue weighted by atomic mass is 9.91. The Labute approximate surface area is 292 Å². The summed E-state index contributed by atoms with van der Waals surface area (Å²) in [6, 6.07) is 68.6. The van der Waals surface area contributed by atoms with Gasteiger partial charge < -0.3 is 0 Å². The van der Waals surface area contributed by atoms with Crippen molar-refractivity contribution in [3.8, 4) is 67.2 Å². The van der Waals surface area contributed by atoms with Gasteiger partial charge in [-0.2, -0.15) is 0 Å². The number of aromatic nitrogens is 2. The minimum atomic E-state index is 0.963. The molecule has 7 aromatic carbocycles. The second-order valence-electron chi connectivity index (χ2n) is 12.6. The number of pyridine rings is 2. The van der Waals surface area contributed by atoms with Crippen LogP contribution < -0.4 is 0 Å². The van der Waals surface area contributed by atoms with E-state index >= 15 is 0 Å². The minimum Gasteiger partial charge on any atom is -0.248 e. The molecule has 0 spiro atoms. The number of benzene rings is 7. The molecule has 0 atom stereocenters. The molecule has 9 aromatic rings. The summed E-state index contributed by atoms with van der Waals surface area (Å²) in [5.74, 6) is 0. The van der Waals surface area contributed by atoms with Gasteiger partial charge in [0.1, 0.15) is 0 Å². The van der Waals surface area contributed by atoms with Gasteiger partial charge in [0.05, 0.1) is 22.6 Å². The van der Waals surface area contributed by atoms with Gasteiger partial charge in [-0.05, 0) is 68.4 Å². The number of fused-ring (bicyclic) bond motifs is 3. The maximum atomic E-state index is 5.18. The van der Waals surface area contributed by atoms with Crippen molar-refractivity contribution in [2.45, 2.75) is 0 Å². The smallest absolute Gasteiger partial charge is 0.0722 e. The van der Waals surface area contributed by atoms with Crippen LogP contribution in [0.5, 0.6) is 0 Å². The maximum absolute atomic E-state index is 5.18. The van der Waals surface area contributed by atoms with Crippen molar-refractivity contribution in [3.05, 3.63) is 194 Å². The quantitative estimate of drug-likeness (QED) is 0.170. The fraction of sp³-hybridized carbons (Fsp3) is 0. The molecule has 0 saturated heterocycles. The van der Waals surface area contributed by atoms with Crippen molar-refractivity contribution < 1.29 is 0 Å². The van der Waals surface area contributed by atoms with Crippen molar-refractivity contribution in [3.63, 3.8) is 0 Å². The molecule has 2 nitrogen and oxygen atoms in total. The third kappa shape index (κ3) is 5.53. The lowest BCUT2D eigenvalue weighted by molar-refractivity contribution is 1.32.